The lowest BCUT2D eigenvalue weighted by Crippen LogP contribution is -2.22. The summed E-state index contributed by atoms with van der Waals surface area (Å²) in [5.41, 5.74) is 3.01. The molecule has 8 heteroatoms. The first-order valence-electron chi connectivity index (χ1n) is 9.37. The summed E-state index contributed by atoms with van der Waals surface area (Å²) in [6, 6.07) is 10.6. The van der Waals surface area contributed by atoms with Crippen molar-refractivity contribution in [3.8, 4) is 11.5 Å². The summed E-state index contributed by atoms with van der Waals surface area (Å²) in [5, 5.41) is 5.40. The van der Waals surface area contributed by atoms with Crippen molar-refractivity contribution >= 4 is 29.2 Å². The van der Waals surface area contributed by atoms with Crippen LogP contribution in [0.3, 0.4) is 0 Å². The second-order valence-electron chi connectivity index (χ2n) is 6.59. The van der Waals surface area contributed by atoms with E-state index in [1.165, 1.54) is 14.2 Å². The molecule has 30 heavy (non-hydrogen) atoms. The number of anilines is 2. The Labute approximate surface area is 175 Å². The molecular weight excluding hydrogens is 388 g/mol. The first-order valence-corrected chi connectivity index (χ1v) is 9.37. The number of aryl methyl sites for hydroxylation is 2. The maximum Gasteiger partial charge on any atom is 0.306 e. The highest BCUT2D eigenvalue weighted by Gasteiger charge is 2.14. The van der Waals surface area contributed by atoms with E-state index < -0.39 is 18.5 Å². The third-order valence-corrected chi connectivity index (χ3v) is 4.35. The van der Waals surface area contributed by atoms with Gasteiger partial charge < -0.3 is 24.8 Å². The Bertz CT molecular complexity index is 906. The molecule has 0 atom stereocenters. The number of methoxy groups -OCH3 is 2. The SMILES string of the molecule is COc1ccc(OC)c(NC(=O)COC(=O)CCC(=O)Nc2c(C)cccc2C)c1. The molecule has 2 rings (SSSR count). The van der Waals surface area contributed by atoms with Crippen molar-refractivity contribution < 1.29 is 28.6 Å². The number of nitrogens with one attached hydrogen (secondary N) is 2. The molecular formula is C22H26N2O6. The van der Waals surface area contributed by atoms with Crippen molar-refractivity contribution in [3.63, 3.8) is 0 Å². The van der Waals surface area contributed by atoms with Crippen LogP contribution in [0, 0.1) is 13.8 Å². The van der Waals surface area contributed by atoms with Crippen LogP contribution < -0.4 is 20.1 Å². The highest BCUT2D eigenvalue weighted by Crippen LogP contribution is 2.28. The molecule has 0 saturated carbocycles. The van der Waals surface area contributed by atoms with Gasteiger partial charge in [0.2, 0.25) is 5.91 Å². The molecule has 0 aromatic heterocycles. The van der Waals surface area contributed by atoms with Gasteiger partial charge in [-0.25, -0.2) is 0 Å². The Balaban J connectivity index is 1.79. The molecule has 0 heterocycles. The molecule has 2 aromatic rings. The zero-order valence-electron chi connectivity index (χ0n) is 17.5. The number of amides is 2. The van der Waals surface area contributed by atoms with E-state index in [0.29, 0.717) is 17.2 Å². The van der Waals surface area contributed by atoms with Crippen molar-refractivity contribution in [2.75, 3.05) is 31.5 Å². The van der Waals surface area contributed by atoms with Gasteiger partial charge >= 0.3 is 5.97 Å². The molecule has 0 aliphatic carbocycles. The normalized spacial score (nSPS) is 10.1. The van der Waals surface area contributed by atoms with Gasteiger partial charge in [-0.1, -0.05) is 18.2 Å². The van der Waals surface area contributed by atoms with Gasteiger partial charge in [0.05, 0.1) is 26.3 Å². The van der Waals surface area contributed by atoms with Gasteiger partial charge in [0.25, 0.3) is 5.91 Å². The second kappa shape index (κ2) is 10.8. The summed E-state index contributed by atoms with van der Waals surface area (Å²) in [5.74, 6) is -0.485. The van der Waals surface area contributed by atoms with Gasteiger partial charge in [-0.2, -0.15) is 0 Å². The van der Waals surface area contributed by atoms with Crippen LogP contribution in [0.2, 0.25) is 0 Å². The highest BCUT2D eigenvalue weighted by molar-refractivity contribution is 5.96. The number of rotatable bonds is 9. The van der Waals surface area contributed by atoms with Gasteiger partial charge in [-0.15, -0.1) is 0 Å². The van der Waals surface area contributed by atoms with Gasteiger partial charge in [-0.05, 0) is 37.1 Å². The fourth-order valence-electron chi connectivity index (χ4n) is 2.75. The molecule has 2 N–H and O–H groups in total. The van der Waals surface area contributed by atoms with Crippen LogP contribution in [0.25, 0.3) is 0 Å². The van der Waals surface area contributed by atoms with Crippen molar-refractivity contribution in [2.24, 2.45) is 0 Å². The van der Waals surface area contributed by atoms with Crippen LogP contribution >= 0.6 is 0 Å². The second-order valence-corrected chi connectivity index (χ2v) is 6.59. The molecule has 0 spiro atoms. The lowest BCUT2D eigenvalue weighted by molar-refractivity contribution is -0.147. The van der Waals surface area contributed by atoms with Crippen molar-refractivity contribution in [2.45, 2.75) is 26.7 Å². The smallest absolute Gasteiger partial charge is 0.306 e. The van der Waals surface area contributed by atoms with E-state index in [4.69, 9.17) is 14.2 Å². The minimum atomic E-state index is -0.639. The summed E-state index contributed by atoms with van der Waals surface area (Å²) < 4.78 is 15.2. The summed E-state index contributed by atoms with van der Waals surface area (Å²) in [6.45, 7) is 3.32. The molecule has 0 aliphatic rings. The number of carbonyl (C=O) groups excluding carboxylic acids is 3. The Morgan fingerprint density at radius 2 is 1.57 bits per heavy atom. The van der Waals surface area contributed by atoms with Gasteiger partial charge in [0, 0.05) is 18.2 Å². The lowest BCUT2D eigenvalue weighted by atomic mass is 10.1. The van der Waals surface area contributed by atoms with Gasteiger partial charge in [0.1, 0.15) is 11.5 Å². The predicted octanol–water partition coefficient (Wildman–Crippen LogP) is 3.22. The molecule has 0 bridgehead atoms. The summed E-state index contributed by atoms with van der Waals surface area (Å²) in [6.07, 6.45) is -0.176. The minimum Gasteiger partial charge on any atom is -0.497 e. The van der Waals surface area contributed by atoms with E-state index in [2.05, 4.69) is 10.6 Å². The standard InChI is InChI=1S/C22H26N2O6/c1-14-6-5-7-15(2)22(14)24-19(25)10-11-21(27)30-13-20(26)23-17-12-16(28-3)8-9-18(17)29-4/h5-9,12H,10-11,13H2,1-4H3,(H,23,26)(H,24,25). The number of benzene rings is 2. The fraction of sp³-hybridized carbons (Fsp3) is 0.318. The topological polar surface area (TPSA) is 103 Å². The first kappa shape index (κ1) is 22.7. The van der Waals surface area contributed by atoms with Crippen LogP contribution in [-0.4, -0.2) is 38.6 Å². The van der Waals surface area contributed by atoms with Crippen molar-refractivity contribution in [1.82, 2.24) is 0 Å². The first-order chi connectivity index (χ1) is 14.3. The number of para-hydroxylation sites is 1. The van der Waals surface area contributed by atoms with Crippen LogP contribution in [0.15, 0.2) is 36.4 Å². The lowest BCUT2D eigenvalue weighted by Gasteiger charge is -2.12. The fourth-order valence-corrected chi connectivity index (χ4v) is 2.75. The minimum absolute atomic E-state index is 0.0437. The van der Waals surface area contributed by atoms with Crippen molar-refractivity contribution in [3.05, 3.63) is 47.5 Å². The molecule has 0 unspecified atom stereocenters. The Kier molecular flexibility index (Phi) is 8.22. The van der Waals surface area contributed by atoms with E-state index in [9.17, 15) is 14.4 Å². The summed E-state index contributed by atoms with van der Waals surface area (Å²) in [7, 11) is 2.98. The average Bonchev–Trinajstić information content (AvgIpc) is 2.73. The molecule has 2 aromatic carbocycles. The number of hydrogen-bond donors (Lipinski definition) is 2. The van der Waals surface area contributed by atoms with Crippen molar-refractivity contribution in [1.29, 1.82) is 0 Å². The van der Waals surface area contributed by atoms with E-state index in [0.717, 1.165) is 16.8 Å². The van der Waals surface area contributed by atoms with Crippen LogP contribution in [0.4, 0.5) is 11.4 Å². The maximum atomic E-state index is 12.1. The molecule has 0 aliphatic heterocycles. The third kappa shape index (κ3) is 6.51. The Hall–Kier alpha value is -3.55. The number of ether oxygens (including phenoxy) is 3. The Morgan fingerprint density at radius 1 is 0.867 bits per heavy atom. The van der Waals surface area contributed by atoms with Gasteiger partial charge in [0.15, 0.2) is 6.61 Å². The van der Waals surface area contributed by atoms with Crippen LogP contribution in [0.1, 0.15) is 24.0 Å². The maximum absolute atomic E-state index is 12.1. The molecule has 0 fully saturated rings. The largest absolute Gasteiger partial charge is 0.497 e. The molecule has 0 saturated heterocycles. The number of carbonyl (C=O) groups is 3. The quantitative estimate of drug-likeness (QED) is 0.611. The third-order valence-electron chi connectivity index (χ3n) is 4.35. The van der Waals surface area contributed by atoms with E-state index in [1.807, 2.05) is 32.0 Å². The van der Waals surface area contributed by atoms with Crippen LogP contribution in [-0.2, 0) is 19.1 Å². The number of hydrogen-bond acceptors (Lipinski definition) is 6. The average molecular weight is 414 g/mol. The van der Waals surface area contributed by atoms with Crippen LogP contribution in [0.5, 0.6) is 11.5 Å². The number of esters is 1. The monoisotopic (exact) mass is 414 g/mol. The predicted molar refractivity (Wildman–Crippen MR) is 113 cm³/mol. The Morgan fingerprint density at radius 3 is 2.20 bits per heavy atom. The zero-order valence-corrected chi connectivity index (χ0v) is 17.5. The molecule has 160 valence electrons. The zero-order chi connectivity index (χ0) is 22.1. The van der Waals surface area contributed by atoms with Gasteiger partial charge in [-0.3, -0.25) is 14.4 Å². The summed E-state index contributed by atoms with van der Waals surface area (Å²) in [4.78, 5) is 36.1. The summed E-state index contributed by atoms with van der Waals surface area (Å²) >= 11 is 0. The van der Waals surface area contributed by atoms with E-state index in [-0.39, 0.29) is 18.7 Å². The molecule has 0 radical (unpaired) electrons. The highest BCUT2D eigenvalue weighted by atomic mass is 16.5. The molecule has 2 amide bonds. The van der Waals surface area contributed by atoms with E-state index in [1.54, 1.807) is 18.2 Å². The van der Waals surface area contributed by atoms with E-state index >= 15 is 0 Å². The molecule has 8 nitrogen and oxygen atoms in total.